The molecule has 0 spiro atoms. The highest BCUT2D eigenvalue weighted by Crippen LogP contribution is 2.33. The van der Waals surface area contributed by atoms with Gasteiger partial charge in [-0.2, -0.15) is 0 Å². The van der Waals surface area contributed by atoms with Crippen LogP contribution in [0.2, 0.25) is 0 Å². The normalized spacial score (nSPS) is 10.3. The van der Waals surface area contributed by atoms with Gasteiger partial charge in [-0.05, 0) is 36.2 Å². The van der Waals surface area contributed by atoms with Crippen LogP contribution in [0.1, 0.15) is 4.88 Å². The highest BCUT2D eigenvalue weighted by molar-refractivity contribution is 7.16. The van der Waals surface area contributed by atoms with E-state index >= 15 is 0 Å². The van der Waals surface area contributed by atoms with Crippen LogP contribution in [0, 0.1) is 6.92 Å². The highest BCUT2D eigenvalue weighted by atomic mass is 32.1. The number of anilines is 1. The van der Waals surface area contributed by atoms with Crippen LogP contribution in [0.3, 0.4) is 0 Å². The van der Waals surface area contributed by atoms with Crippen LogP contribution in [-0.4, -0.2) is 7.11 Å². The molecule has 0 aliphatic carbocycles. The van der Waals surface area contributed by atoms with Gasteiger partial charge in [0.25, 0.3) is 0 Å². The second kappa shape index (κ2) is 3.95. The van der Waals surface area contributed by atoms with Gasteiger partial charge in [-0.3, -0.25) is 0 Å². The predicted molar refractivity (Wildman–Crippen MR) is 65.5 cm³/mol. The summed E-state index contributed by atoms with van der Waals surface area (Å²) < 4.78 is 5.20. The maximum Gasteiger partial charge on any atom is 0.119 e. The van der Waals surface area contributed by atoms with E-state index < -0.39 is 0 Å². The van der Waals surface area contributed by atoms with Gasteiger partial charge < -0.3 is 10.5 Å². The van der Waals surface area contributed by atoms with Crippen LogP contribution in [-0.2, 0) is 0 Å². The highest BCUT2D eigenvalue weighted by Gasteiger charge is 2.06. The summed E-state index contributed by atoms with van der Waals surface area (Å²) in [5, 5.41) is 0.852. The molecular formula is C12H13NOS. The predicted octanol–water partition coefficient (Wildman–Crippen LogP) is 3.31. The average Bonchev–Trinajstić information content (AvgIpc) is 2.58. The molecule has 0 unspecified atom stereocenters. The molecule has 78 valence electrons. The summed E-state index contributed by atoms with van der Waals surface area (Å²) in [5.41, 5.74) is 8.12. The largest absolute Gasteiger partial charge is 0.497 e. The van der Waals surface area contributed by atoms with Crippen molar-refractivity contribution in [1.82, 2.24) is 0 Å². The van der Waals surface area contributed by atoms with Crippen LogP contribution in [0.15, 0.2) is 30.3 Å². The first-order valence-corrected chi connectivity index (χ1v) is 5.52. The molecule has 0 bridgehead atoms. The van der Waals surface area contributed by atoms with Gasteiger partial charge in [0.2, 0.25) is 0 Å². The van der Waals surface area contributed by atoms with Crippen molar-refractivity contribution in [3.8, 4) is 16.9 Å². The number of hydrogen-bond acceptors (Lipinski definition) is 3. The number of hydrogen-bond donors (Lipinski definition) is 1. The third kappa shape index (κ3) is 1.97. The lowest BCUT2D eigenvalue weighted by atomic mass is 10.1. The van der Waals surface area contributed by atoms with Crippen LogP contribution in [0.5, 0.6) is 5.75 Å². The Bertz CT molecular complexity index is 476. The molecule has 0 amide bonds. The van der Waals surface area contributed by atoms with Crippen molar-refractivity contribution in [2.45, 2.75) is 6.92 Å². The molecule has 2 nitrogen and oxygen atoms in total. The van der Waals surface area contributed by atoms with E-state index in [0.717, 1.165) is 16.3 Å². The summed E-state index contributed by atoms with van der Waals surface area (Å²) in [4.78, 5) is 1.24. The summed E-state index contributed by atoms with van der Waals surface area (Å²) in [6, 6.07) is 10.0. The summed E-state index contributed by atoms with van der Waals surface area (Å²) >= 11 is 1.61. The minimum atomic E-state index is 0.852. The molecule has 1 aromatic heterocycles. The number of rotatable bonds is 2. The molecule has 1 heterocycles. The van der Waals surface area contributed by atoms with Gasteiger partial charge in [-0.15, -0.1) is 11.3 Å². The Labute approximate surface area is 93.3 Å². The molecule has 0 aliphatic rings. The Hall–Kier alpha value is -1.48. The van der Waals surface area contributed by atoms with Crippen molar-refractivity contribution < 1.29 is 4.74 Å². The fraction of sp³-hybridized carbons (Fsp3) is 0.167. The number of nitrogen functional groups attached to an aromatic ring is 1. The zero-order valence-electron chi connectivity index (χ0n) is 8.78. The number of methoxy groups -OCH3 is 1. The molecule has 2 rings (SSSR count). The maximum atomic E-state index is 5.77. The summed E-state index contributed by atoms with van der Waals surface area (Å²) in [7, 11) is 1.67. The van der Waals surface area contributed by atoms with E-state index in [9.17, 15) is 0 Å². The van der Waals surface area contributed by atoms with Gasteiger partial charge in [0.05, 0.1) is 12.1 Å². The van der Waals surface area contributed by atoms with Crippen molar-refractivity contribution in [1.29, 1.82) is 0 Å². The van der Waals surface area contributed by atoms with E-state index in [1.807, 2.05) is 24.3 Å². The van der Waals surface area contributed by atoms with Gasteiger partial charge in [0, 0.05) is 4.88 Å². The number of aryl methyl sites for hydroxylation is 1. The van der Waals surface area contributed by atoms with E-state index in [-0.39, 0.29) is 0 Å². The van der Waals surface area contributed by atoms with E-state index in [4.69, 9.17) is 10.5 Å². The monoisotopic (exact) mass is 219 g/mol. The lowest BCUT2D eigenvalue weighted by Gasteiger charge is -2.03. The fourth-order valence-electron chi connectivity index (χ4n) is 1.58. The van der Waals surface area contributed by atoms with Crippen LogP contribution in [0.25, 0.3) is 11.1 Å². The van der Waals surface area contributed by atoms with Crippen molar-refractivity contribution in [2.75, 3.05) is 12.8 Å². The van der Waals surface area contributed by atoms with Gasteiger partial charge in [-0.1, -0.05) is 12.1 Å². The summed E-state index contributed by atoms with van der Waals surface area (Å²) in [6.07, 6.45) is 0. The minimum Gasteiger partial charge on any atom is -0.497 e. The van der Waals surface area contributed by atoms with Gasteiger partial charge in [0.1, 0.15) is 5.75 Å². The number of nitrogens with two attached hydrogens (primary N) is 1. The molecule has 0 fully saturated rings. The molecular weight excluding hydrogens is 206 g/mol. The Morgan fingerprint density at radius 1 is 1.27 bits per heavy atom. The Morgan fingerprint density at radius 3 is 2.67 bits per heavy atom. The van der Waals surface area contributed by atoms with E-state index in [0.29, 0.717) is 0 Å². The molecule has 0 saturated heterocycles. The third-order valence-corrected chi connectivity index (χ3v) is 3.20. The molecule has 0 aliphatic heterocycles. The van der Waals surface area contributed by atoms with Crippen LogP contribution < -0.4 is 10.5 Å². The van der Waals surface area contributed by atoms with Crippen LogP contribution >= 0.6 is 11.3 Å². The minimum absolute atomic E-state index is 0.852. The molecule has 0 radical (unpaired) electrons. The van der Waals surface area contributed by atoms with Gasteiger partial charge in [0.15, 0.2) is 0 Å². The van der Waals surface area contributed by atoms with Gasteiger partial charge >= 0.3 is 0 Å². The van der Waals surface area contributed by atoms with Crippen LogP contribution in [0.4, 0.5) is 5.00 Å². The molecule has 3 heteroatoms. The first-order valence-electron chi connectivity index (χ1n) is 4.71. The number of ether oxygens (including phenoxy) is 1. The van der Waals surface area contributed by atoms with Crippen molar-refractivity contribution in [2.24, 2.45) is 0 Å². The van der Waals surface area contributed by atoms with E-state index in [1.54, 1.807) is 18.4 Å². The zero-order chi connectivity index (χ0) is 10.8. The Morgan fingerprint density at radius 2 is 2.07 bits per heavy atom. The Kier molecular flexibility index (Phi) is 2.64. The standard InChI is InChI=1S/C12H13NOS/c1-8-11(7-12(13)15-8)9-4-3-5-10(6-9)14-2/h3-7H,13H2,1-2H3. The van der Waals surface area contributed by atoms with E-state index in [1.165, 1.54) is 10.4 Å². The molecule has 2 aromatic rings. The molecule has 1 aromatic carbocycles. The average molecular weight is 219 g/mol. The number of benzene rings is 1. The lowest BCUT2D eigenvalue weighted by Crippen LogP contribution is -1.83. The molecule has 0 saturated carbocycles. The molecule has 2 N–H and O–H groups in total. The van der Waals surface area contributed by atoms with Crippen molar-refractivity contribution in [3.05, 3.63) is 35.2 Å². The fourth-order valence-corrected chi connectivity index (χ4v) is 2.40. The van der Waals surface area contributed by atoms with Gasteiger partial charge in [-0.25, -0.2) is 0 Å². The van der Waals surface area contributed by atoms with E-state index in [2.05, 4.69) is 13.0 Å². The first kappa shape index (κ1) is 10.1. The first-order chi connectivity index (χ1) is 7.20. The smallest absolute Gasteiger partial charge is 0.119 e. The van der Waals surface area contributed by atoms with Crippen molar-refractivity contribution >= 4 is 16.3 Å². The topological polar surface area (TPSA) is 35.2 Å². The SMILES string of the molecule is COc1cccc(-c2cc(N)sc2C)c1. The zero-order valence-corrected chi connectivity index (χ0v) is 9.60. The maximum absolute atomic E-state index is 5.77. The second-order valence-electron chi connectivity index (χ2n) is 3.35. The number of thiophene rings is 1. The summed E-state index contributed by atoms with van der Waals surface area (Å²) in [5.74, 6) is 0.872. The Balaban J connectivity index is 2.49. The second-order valence-corrected chi connectivity index (χ2v) is 4.64. The molecule has 15 heavy (non-hydrogen) atoms. The molecule has 0 atom stereocenters. The third-order valence-electron chi connectivity index (χ3n) is 2.32. The lowest BCUT2D eigenvalue weighted by molar-refractivity contribution is 0.415. The quantitative estimate of drug-likeness (QED) is 0.841. The summed E-state index contributed by atoms with van der Waals surface area (Å²) in [6.45, 7) is 2.08. The van der Waals surface area contributed by atoms with Crippen molar-refractivity contribution in [3.63, 3.8) is 0 Å².